The minimum atomic E-state index is -7.31. The third-order valence-corrected chi connectivity index (χ3v) is 12.1. The molecule has 0 unspecified atom stereocenters. The van der Waals surface area contributed by atoms with Crippen LogP contribution in [0.15, 0.2) is 0 Å². The fraction of sp³-hybridized carbons (Fsp3) is 1.00. The Balaban J connectivity index is 6.28. The van der Waals surface area contributed by atoms with Gasteiger partial charge in [-0.1, -0.05) is 91.4 Å². The molecule has 0 rings (SSSR count). The molecular formula is C24H43F9O3S2. The molecule has 232 valence electrons. The topological polar surface area (TPSA) is 43.4 Å². The third-order valence-electron chi connectivity index (χ3n) is 6.27. The molecule has 0 aliphatic carbocycles. The number of rotatable bonds is 22. The highest BCUT2D eigenvalue weighted by Gasteiger charge is 2.86. The van der Waals surface area contributed by atoms with E-state index < -0.39 is 43.7 Å². The van der Waals surface area contributed by atoms with Gasteiger partial charge in [-0.05, 0) is 19.3 Å². The molecule has 0 saturated heterocycles. The molecule has 3 nitrogen and oxygen atoms in total. The Morgan fingerprint density at radius 3 is 1.13 bits per heavy atom. The summed E-state index contributed by atoms with van der Waals surface area (Å²) in [6.07, 6.45) is 2.06. The predicted octanol–water partition coefficient (Wildman–Crippen LogP) is 10.00. The van der Waals surface area contributed by atoms with Gasteiger partial charge in [-0.15, -0.1) is 10.3 Å². The summed E-state index contributed by atoms with van der Waals surface area (Å²) >= 11 is 0. The SMILES string of the molecule is CCCCCCCS(CCCCCC)(CCCCCCC)OS(=O)(=O)C(F)(F)C(F)(F)C(F)(F)C(F)(F)F. The van der Waals surface area contributed by atoms with Crippen molar-refractivity contribution in [1.82, 2.24) is 0 Å². The summed E-state index contributed by atoms with van der Waals surface area (Å²) in [5, 5.41) is -6.81. The van der Waals surface area contributed by atoms with Gasteiger partial charge in [0.15, 0.2) is 0 Å². The van der Waals surface area contributed by atoms with Gasteiger partial charge in [-0.2, -0.15) is 47.9 Å². The van der Waals surface area contributed by atoms with E-state index in [4.69, 9.17) is 3.63 Å². The molecule has 0 aromatic carbocycles. The second-order valence-corrected chi connectivity index (χ2v) is 14.8. The van der Waals surface area contributed by atoms with Gasteiger partial charge in [0, 0.05) is 17.3 Å². The van der Waals surface area contributed by atoms with E-state index in [-0.39, 0.29) is 17.3 Å². The molecule has 0 amide bonds. The second-order valence-electron chi connectivity index (χ2n) is 9.65. The first-order valence-electron chi connectivity index (χ1n) is 13.3. The first-order valence-corrected chi connectivity index (χ1v) is 16.8. The first kappa shape index (κ1) is 37.6. The van der Waals surface area contributed by atoms with Crippen molar-refractivity contribution in [1.29, 1.82) is 0 Å². The highest BCUT2D eigenvalue weighted by Crippen LogP contribution is 2.59. The predicted molar refractivity (Wildman–Crippen MR) is 135 cm³/mol. The fourth-order valence-corrected chi connectivity index (χ4v) is 9.81. The smallest absolute Gasteiger partial charge is 0.215 e. The van der Waals surface area contributed by atoms with Crippen molar-refractivity contribution in [2.24, 2.45) is 0 Å². The molecule has 0 aliphatic rings. The van der Waals surface area contributed by atoms with E-state index in [0.29, 0.717) is 38.5 Å². The van der Waals surface area contributed by atoms with E-state index >= 15 is 0 Å². The van der Waals surface area contributed by atoms with Gasteiger partial charge in [0.25, 0.3) is 0 Å². The maximum atomic E-state index is 14.5. The lowest BCUT2D eigenvalue weighted by atomic mass is 10.1. The number of hydrogen-bond acceptors (Lipinski definition) is 3. The summed E-state index contributed by atoms with van der Waals surface area (Å²) in [4.78, 5) is 0. The third kappa shape index (κ3) is 10.2. The van der Waals surface area contributed by atoms with Crippen LogP contribution in [0.3, 0.4) is 0 Å². The zero-order valence-corrected chi connectivity index (χ0v) is 24.1. The molecule has 0 N–H and O–H groups in total. The Morgan fingerprint density at radius 2 is 0.816 bits per heavy atom. The van der Waals surface area contributed by atoms with Gasteiger partial charge in [-0.3, -0.25) is 0 Å². The fourth-order valence-electron chi connectivity index (χ4n) is 3.89. The summed E-state index contributed by atoms with van der Waals surface area (Å²) in [5.41, 5.74) is 0. The lowest BCUT2D eigenvalue weighted by Gasteiger charge is -2.41. The average molecular weight is 615 g/mol. The summed E-state index contributed by atoms with van der Waals surface area (Å²) < 4.78 is 151. The molecule has 38 heavy (non-hydrogen) atoms. The van der Waals surface area contributed by atoms with Gasteiger partial charge in [0.2, 0.25) is 0 Å². The quantitative estimate of drug-likeness (QED) is 0.0901. The molecule has 0 bridgehead atoms. The first-order chi connectivity index (χ1) is 17.4. The molecule has 0 radical (unpaired) electrons. The van der Waals surface area contributed by atoms with Crippen LogP contribution in [-0.2, 0) is 13.7 Å². The van der Waals surface area contributed by atoms with Crippen LogP contribution >= 0.6 is 10.3 Å². The van der Waals surface area contributed by atoms with Crippen LogP contribution < -0.4 is 0 Å². The van der Waals surface area contributed by atoms with Crippen molar-refractivity contribution in [2.45, 2.75) is 134 Å². The normalized spacial score (nSPS) is 14.7. The molecule has 0 saturated carbocycles. The van der Waals surface area contributed by atoms with E-state index in [1.807, 2.05) is 20.8 Å². The van der Waals surface area contributed by atoms with Crippen LogP contribution in [0, 0.1) is 0 Å². The van der Waals surface area contributed by atoms with Crippen molar-refractivity contribution in [3.05, 3.63) is 0 Å². The Morgan fingerprint density at radius 1 is 0.500 bits per heavy atom. The Labute approximate surface area is 223 Å². The summed E-state index contributed by atoms with van der Waals surface area (Å²) in [6, 6.07) is 0. The minimum absolute atomic E-state index is 0.0485. The van der Waals surface area contributed by atoms with Gasteiger partial charge >= 0.3 is 33.4 Å². The van der Waals surface area contributed by atoms with Crippen LogP contribution in [0.5, 0.6) is 0 Å². The largest absolute Gasteiger partial charge is 0.460 e. The maximum Gasteiger partial charge on any atom is 0.460 e. The molecule has 0 heterocycles. The number of halogens is 9. The molecule has 0 atom stereocenters. The molecule has 0 spiro atoms. The van der Waals surface area contributed by atoms with Crippen molar-refractivity contribution >= 4 is 20.4 Å². The number of hydrogen-bond donors (Lipinski definition) is 0. The standard InChI is InChI=1S/C24H43F9O3S2/c1-4-7-10-13-16-19-37(18-15-12-9-6-3,20-17-14-11-8-5-2)36-38(34,35)24(32,33)22(27,28)21(25,26)23(29,30)31/h4-20H2,1-3H3. The highest BCUT2D eigenvalue weighted by molar-refractivity contribution is 8.33. The van der Waals surface area contributed by atoms with E-state index in [1.165, 1.54) is 0 Å². The van der Waals surface area contributed by atoms with Crippen LogP contribution in [0.4, 0.5) is 39.5 Å². The Bertz CT molecular complexity index is 744. The summed E-state index contributed by atoms with van der Waals surface area (Å²) in [7, 11) is -9.94. The zero-order valence-electron chi connectivity index (χ0n) is 22.5. The van der Waals surface area contributed by atoms with Gasteiger partial charge < -0.3 is 0 Å². The van der Waals surface area contributed by atoms with Crippen LogP contribution in [-0.4, -0.2) is 49.0 Å². The van der Waals surface area contributed by atoms with Gasteiger partial charge in [0.05, 0.1) is 0 Å². The maximum absolute atomic E-state index is 14.5. The number of alkyl halides is 9. The highest BCUT2D eigenvalue weighted by atomic mass is 32.3. The van der Waals surface area contributed by atoms with Crippen LogP contribution in [0.1, 0.15) is 111 Å². The van der Waals surface area contributed by atoms with Crippen molar-refractivity contribution in [3.63, 3.8) is 0 Å². The second kappa shape index (κ2) is 16.2. The number of unbranched alkanes of at least 4 members (excludes halogenated alkanes) is 11. The summed E-state index contributed by atoms with van der Waals surface area (Å²) in [5.74, 6) is -14.7. The molecular weight excluding hydrogens is 571 g/mol. The molecule has 14 heteroatoms. The average Bonchev–Trinajstić information content (AvgIpc) is 2.80. The van der Waals surface area contributed by atoms with E-state index in [9.17, 15) is 47.9 Å². The monoisotopic (exact) mass is 614 g/mol. The molecule has 0 aromatic heterocycles. The molecule has 0 aliphatic heterocycles. The van der Waals surface area contributed by atoms with Crippen molar-refractivity contribution in [2.75, 3.05) is 17.3 Å². The van der Waals surface area contributed by atoms with Crippen molar-refractivity contribution in [3.8, 4) is 0 Å². The van der Waals surface area contributed by atoms with Gasteiger partial charge in [-0.25, -0.2) is 3.63 Å². The Hall–Kier alpha value is -0.370. The molecule has 0 fully saturated rings. The van der Waals surface area contributed by atoms with Crippen molar-refractivity contribution < 1.29 is 51.6 Å². The Kier molecular flexibility index (Phi) is 16.0. The molecule has 0 aromatic rings. The lowest BCUT2D eigenvalue weighted by molar-refractivity contribution is -0.382. The van der Waals surface area contributed by atoms with Crippen LogP contribution in [0.25, 0.3) is 0 Å². The van der Waals surface area contributed by atoms with E-state index in [0.717, 1.165) is 51.4 Å². The lowest BCUT2D eigenvalue weighted by Crippen LogP contribution is -2.63. The summed E-state index contributed by atoms with van der Waals surface area (Å²) in [6.45, 7) is 5.80. The minimum Gasteiger partial charge on any atom is -0.215 e. The van der Waals surface area contributed by atoms with Crippen LogP contribution in [0.2, 0.25) is 0 Å². The van der Waals surface area contributed by atoms with E-state index in [2.05, 4.69) is 0 Å². The van der Waals surface area contributed by atoms with E-state index in [1.54, 1.807) is 0 Å². The zero-order chi connectivity index (χ0) is 29.7. The van der Waals surface area contributed by atoms with Gasteiger partial charge in [0.1, 0.15) is 0 Å².